The normalized spacial score (nSPS) is 11.2. The molecule has 0 radical (unpaired) electrons. The molecule has 0 aliphatic carbocycles. The maximum atomic E-state index is 11.8. The van der Waals surface area contributed by atoms with Gasteiger partial charge in [0.15, 0.2) is 11.5 Å². The second-order valence-corrected chi connectivity index (χ2v) is 4.42. The number of primary amides is 1. The first kappa shape index (κ1) is 12.1. The maximum Gasteiger partial charge on any atom is 0.280 e. The lowest BCUT2D eigenvalue weighted by molar-refractivity contribution is 0.0850. The maximum absolute atomic E-state index is 11.8. The van der Waals surface area contributed by atoms with Crippen molar-refractivity contribution < 1.29 is 9.59 Å². The van der Waals surface area contributed by atoms with Crippen molar-refractivity contribution in [2.24, 2.45) is 11.1 Å². The van der Waals surface area contributed by atoms with Crippen molar-refractivity contribution >= 4 is 11.7 Å². The van der Waals surface area contributed by atoms with Gasteiger partial charge in [-0.3, -0.25) is 14.4 Å². The van der Waals surface area contributed by atoms with E-state index in [1.165, 1.54) is 0 Å². The molecule has 0 bridgehead atoms. The van der Waals surface area contributed by atoms with E-state index in [1.54, 1.807) is 20.8 Å². The summed E-state index contributed by atoms with van der Waals surface area (Å²) < 4.78 is 0. The molecule has 1 amide bonds. The zero-order chi connectivity index (χ0) is 12.5. The lowest BCUT2D eigenvalue weighted by atomic mass is 9.89. The number of H-pyrrole nitrogens is 1. The summed E-state index contributed by atoms with van der Waals surface area (Å²) >= 11 is 0. The minimum atomic E-state index is -0.920. The topological polar surface area (TPSA) is 106 Å². The molecule has 0 unspecified atom stereocenters. The second kappa shape index (κ2) is 3.88. The highest BCUT2D eigenvalue weighted by Crippen LogP contribution is 2.18. The van der Waals surface area contributed by atoms with Gasteiger partial charge in [-0.2, -0.15) is 0 Å². The number of hydrogen-bond donors (Lipinski definition) is 2. The molecule has 1 heterocycles. The van der Waals surface area contributed by atoms with Gasteiger partial charge in [-0.1, -0.05) is 20.8 Å². The van der Waals surface area contributed by atoms with Crippen LogP contribution in [0.2, 0.25) is 0 Å². The lowest BCUT2D eigenvalue weighted by Crippen LogP contribution is -2.29. The molecule has 1 rings (SSSR count). The Morgan fingerprint density at radius 2 is 1.94 bits per heavy atom. The fourth-order valence-electron chi connectivity index (χ4n) is 1.10. The van der Waals surface area contributed by atoms with Gasteiger partial charge in [-0.05, 0) is 0 Å². The van der Waals surface area contributed by atoms with Crippen molar-refractivity contribution in [2.45, 2.75) is 20.8 Å². The van der Waals surface area contributed by atoms with Gasteiger partial charge in [0.25, 0.3) is 11.5 Å². The van der Waals surface area contributed by atoms with Gasteiger partial charge in [0, 0.05) is 5.41 Å². The number of aromatic amines is 1. The van der Waals surface area contributed by atoms with Crippen molar-refractivity contribution in [3.05, 3.63) is 27.9 Å². The second-order valence-electron chi connectivity index (χ2n) is 4.42. The number of Topliss-reactive ketones (excluding diaryl/α,β-unsaturated/α-hetero) is 1. The molecular weight excluding hydrogens is 210 g/mol. The fraction of sp³-hybridized carbons (Fsp3) is 0.400. The van der Waals surface area contributed by atoms with Crippen LogP contribution in [0, 0.1) is 5.41 Å². The lowest BCUT2D eigenvalue weighted by Gasteiger charge is -2.15. The number of rotatable bonds is 2. The summed E-state index contributed by atoms with van der Waals surface area (Å²) in [4.78, 5) is 39.7. The molecule has 16 heavy (non-hydrogen) atoms. The first-order chi connectivity index (χ1) is 7.23. The van der Waals surface area contributed by atoms with Crippen LogP contribution < -0.4 is 11.3 Å². The molecule has 0 fully saturated rings. The molecule has 6 nitrogen and oxygen atoms in total. The monoisotopic (exact) mass is 223 g/mol. The number of nitrogens with two attached hydrogens (primary N) is 1. The Hall–Kier alpha value is -1.98. The quantitative estimate of drug-likeness (QED) is 0.693. The summed E-state index contributed by atoms with van der Waals surface area (Å²) in [5.74, 6) is -1.18. The molecule has 0 aliphatic heterocycles. The van der Waals surface area contributed by atoms with Crippen LogP contribution in [0.15, 0.2) is 11.0 Å². The molecule has 3 N–H and O–H groups in total. The molecule has 0 aliphatic rings. The molecule has 0 spiro atoms. The Kier molecular flexibility index (Phi) is 2.93. The summed E-state index contributed by atoms with van der Waals surface area (Å²) in [5.41, 5.74) is 3.22. The summed E-state index contributed by atoms with van der Waals surface area (Å²) in [5, 5.41) is 0. The van der Waals surface area contributed by atoms with Crippen molar-refractivity contribution in [1.29, 1.82) is 0 Å². The predicted octanol–water partition coefficient (Wildman–Crippen LogP) is 0.0976. The van der Waals surface area contributed by atoms with Crippen molar-refractivity contribution in [1.82, 2.24) is 9.97 Å². The molecule has 0 saturated carbocycles. The summed E-state index contributed by atoms with van der Waals surface area (Å²) in [7, 11) is 0. The summed E-state index contributed by atoms with van der Waals surface area (Å²) in [6.45, 7) is 5.15. The molecule has 0 aromatic carbocycles. The zero-order valence-electron chi connectivity index (χ0n) is 9.33. The van der Waals surface area contributed by atoms with E-state index in [0.717, 1.165) is 6.20 Å². The minimum Gasteiger partial charge on any atom is -0.364 e. The first-order valence-corrected chi connectivity index (χ1v) is 4.67. The van der Waals surface area contributed by atoms with Gasteiger partial charge in [-0.25, -0.2) is 4.98 Å². The highest BCUT2D eigenvalue weighted by atomic mass is 16.2. The van der Waals surface area contributed by atoms with Gasteiger partial charge >= 0.3 is 0 Å². The number of amides is 1. The predicted molar refractivity (Wildman–Crippen MR) is 57.2 cm³/mol. The third-order valence-electron chi connectivity index (χ3n) is 1.95. The molecule has 0 saturated heterocycles. The highest BCUT2D eigenvalue weighted by Gasteiger charge is 2.24. The van der Waals surface area contributed by atoms with Crippen LogP contribution in [-0.2, 0) is 0 Å². The van der Waals surface area contributed by atoms with E-state index in [1.807, 2.05) is 0 Å². The smallest absolute Gasteiger partial charge is 0.280 e. The van der Waals surface area contributed by atoms with Crippen LogP contribution in [0.25, 0.3) is 0 Å². The van der Waals surface area contributed by atoms with Gasteiger partial charge in [0.05, 0.1) is 6.20 Å². The molecule has 0 atom stereocenters. The van der Waals surface area contributed by atoms with Crippen molar-refractivity contribution in [3.8, 4) is 0 Å². The number of aromatic nitrogens is 2. The number of nitrogens with zero attached hydrogens (tertiary/aromatic N) is 1. The van der Waals surface area contributed by atoms with E-state index < -0.39 is 22.6 Å². The van der Waals surface area contributed by atoms with Crippen LogP contribution in [-0.4, -0.2) is 21.7 Å². The van der Waals surface area contributed by atoms with Gasteiger partial charge in [0.2, 0.25) is 0 Å². The summed E-state index contributed by atoms with van der Waals surface area (Å²) in [6, 6.07) is 0. The Morgan fingerprint density at radius 3 is 2.31 bits per heavy atom. The van der Waals surface area contributed by atoms with Crippen molar-refractivity contribution in [3.63, 3.8) is 0 Å². The average Bonchev–Trinajstić information content (AvgIpc) is 2.14. The molecule has 1 aromatic heterocycles. The van der Waals surface area contributed by atoms with Gasteiger partial charge < -0.3 is 10.7 Å². The zero-order valence-corrected chi connectivity index (χ0v) is 9.33. The third kappa shape index (κ3) is 2.33. The van der Waals surface area contributed by atoms with E-state index in [-0.39, 0.29) is 11.5 Å². The van der Waals surface area contributed by atoms with Crippen molar-refractivity contribution in [2.75, 3.05) is 0 Å². The largest absolute Gasteiger partial charge is 0.364 e. The Labute approximate surface area is 91.9 Å². The molecule has 1 aromatic rings. The van der Waals surface area contributed by atoms with Crippen LogP contribution in [0.5, 0.6) is 0 Å². The standard InChI is InChI=1S/C10H13N3O3/c1-10(2,3)7(14)5-4-12-6(8(11)15)9(16)13-5/h4H,1-3H3,(H2,11,15)(H,13,16). The van der Waals surface area contributed by atoms with E-state index in [2.05, 4.69) is 9.97 Å². The summed E-state index contributed by atoms with van der Waals surface area (Å²) in [6.07, 6.45) is 1.15. The Morgan fingerprint density at radius 1 is 1.38 bits per heavy atom. The van der Waals surface area contributed by atoms with E-state index in [9.17, 15) is 14.4 Å². The number of hydrogen-bond acceptors (Lipinski definition) is 4. The Bertz CT molecular complexity index is 497. The minimum absolute atomic E-state index is 0.0718. The van der Waals surface area contributed by atoms with E-state index in [0.29, 0.717) is 0 Å². The number of carbonyl (C=O) groups is 2. The average molecular weight is 223 g/mol. The SMILES string of the molecule is CC(C)(C)C(=O)c1cnc(C(N)=O)c(=O)[nH]1. The van der Waals surface area contributed by atoms with Gasteiger partial charge in [0.1, 0.15) is 5.69 Å². The molecular formula is C10H13N3O3. The van der Waals surface area contributed by atoms with Crippen LogP contribution in [0.3, 0.4) is 0 Å². The first-order valence-electron chi connectivity index (χ1n) is 4.67. The van der Waals surface area contributed by atoms with Crippen LogP contribution >= 0.6 is 0 Å². The van der Waals surface area contributed by atoms with E-state index in [4.69, 9.17) is 5.73 Å². The molecule has 86 valence electrons. The van der Waals surface area contributed by atoms with Crippen LogP contribution in [0.1, 0.15) is 41.7 Å². The van der Waals surface area contributed by atoms with Crippen LogP contribution in [0.4, 0.5) is 0 Å². The van der Waals surface area contributed by atoms with E-state index >= 15 is 0 Å². The molecule has 6 heteroatoms. The Balaban J connectivity index is 3.22. The number of nitrogens with one attached hydrogen (secondary N) is 1. The number of carbonyl (C=O) groups excluding carboxylic acids is 2. The highest BCUT2D eigenvalue weighted by molar-refractivity contribution is 5.98. The van der Waals surface area contributed by atoms with Gasteiger partial charge in [-0.15, -0.1) is 0 Å². The fourth-order valence-corrected chi connectivity index (χ4v) is 1.10. The third-order valence-corrected chi connectivity index (χ3v) is 1.95. The number of ketones is 1.